The van der Waals surface area contributed by atoms with E-state index >= 15 is 0 Å². The highest BCUT2D eigenvalue weighted by Gasteiger charge is 2.15. The molecule has 0 fully saturated rings. The highest BCUT2D eigenvalue weighted by Crippen LogP contribution is 2.28. The van der Waals surface area contributed by atoms with E-state index in [1.807, 2.05) is 31.3 Å². The van der Waals surface area contributed by atoms with Gasteiger partial charge >= 0.3 is 0 Å². The molecule has 0 bridgehead atoms. The first kappa shape index (κ1) is 14.5. The van der Waals surface area contributed by atoms with Crippen LogP contribution in [0, 0.1) is 0 Å². The van der Waals surface area contributed by atoms with Crippen LogP contribution in [-0.4, -0.2) is 41.6 Å². The largest absolute Gasteiger partial charge is 0.409 e. The molecular formula is C14H18N4OS. The molecule has 5 nitrogen and oxygen atoms in total. The lowest BCUT2D eigenvalue weighted by Gasteiger charge is -2.23. The third-order valence-corrected chi connectivity index (χ3v) is 3.73. The number of hydrogen-bond acceptors (Lipinski definition) is 5. The predicted octanol–water partition coefficient (Wildman–Crippen LogP) is 2.13. The summed E-state index contributed by atoms with van der Waals surface area (Å²) in [5, 5.41) is 13.1. The van der Waals surface area contributed by atoms with Crippen LogP contribution in [0.25, 0.3) is 10.9 Å². The standard InChI is InChI=1S/C14H18N4OS/c1-18(7-8-20-2)13-10-5-3-4-6-12(10)16-9-11(13)14(15)17-19/h3-6,9,19H,7-8H2,1-2H3,(H2,15,17). The van der Waals surface area contributed by atoms with Crippen molar-refractivity contribution in [1.29, 1.82) is 0 Å². The van der Waals surface area contributed by atoms with Crippen LogP contribution in [0.2, 0.25) is 0 Å². The van der Waals surface area contributed by atoms with Crippen LogP contribution in [0.4, 0.5) is 5.69 Å². The van der Waals surface area contributed by atoms with Crippen LogP contribution >= 0.6 is 11.8 Å². The van der Waals surface area contributed by atoms with Gasteiger partial charge in [-0.05, 0) is 12.3 Å². The van der Waals surface area contributed by atoms with Crippen molar-refractivity contribution >= 4 is 34.2 Å². The van der Waals surface area contributed by atoms with Gasteiger partial charge in [0.1, 0.15) is 0 Å². The average molecular weight is 290 g/mol. The van der Waals surface area contributed by atoms with Crippen molar-refractivity contribution in [3.8, 4) is 0 Å². The minimum Gasteiger partial charge on any atom is -0.409 e. The Morgan fingerprint density at radius 1 is 1.45 bits per heavy atom. The molecule has 0 amide bonds. The summed E-state index contributed by atoms with van der Waals surface area (Å²) in [6.07, 6.45) is 3.73. The van der Waals surface area contributed by atoms with Gasteiger partial charge in [0, 0.05) is 30.9 Å². The van der Waals surface area contributed by atoms with E-state index in [9.17, 15) is 0 Å². The normalized spacial score (nSPS) is 11.8. The zero-order valence-corrected chi connectivity index (χ0v) is 12.4. The number of benzene rings is 1. The Hall–Kier alpha value is -1.95. The highest BCUT2D eigenvalue weighted by molar-refractivity contribution is 7.98. The first-order valence-corrected chi connectivity index (χ1v) is 7.64. The summed E-state index contributed by atoms with van der Waals surface area (Å²) in [4.78, 5) is 6.49. The van der Waals surface area contributed by atoms with Crippen molar-refractivity contribution in [3.05, 3.63) is 36.0 Å². The fourth-order valence-electron chi connectivity index (χ4n) is 2.12. The van der Waals surface area contributed by atoms with E-state index in [0.29, 0.717) is 5.56 Å². The topological polar surface area (TPSA) is 74.7 Å². The lowest BCUT2D eigenvalue weighted by molar-refractivity contribution is 0.318. The van der Waals surface area contributed by atoms with Crippen molar-refractivity contribution in [2.24, 2.45) is 10.9 Å². The molecule has 0 unspecified atom stereocenters. The Labute approximate surface area is 122 Å². The quantitative estimate of drug-likeness (QED) is 0.382. The lowest BCUT2D eigenvalue weighted by atomic mass is 10.1. The zero-order chi connectivity index (χ0) is 14.5. The smallest absolute Gasteiger partial charge is 0.173 e. The van der Waals surface area contributed by atoms with Crippen molar-refractivity contribution in [2.75, 3.05) is 30.5 Å². The van der Waals surface area contributed by atoms with Gasteiger partial charge in [-0.2, -0.15) is 11.8 Å². The number of nitrogens with zero attached hydrogens (tertiary/aromatic N) is 3. The third-order valence-electron chi connectivity index (χ3n) is 3.14. The van der Waals surface area contributed by atoms with Crippen molar-refractivity contribution < 1.29 is 5.21 Å². The Morgan fingerprint density at radius 3 is 2.90 bits per heavy atom. The van der Waals surface area contributed by atoms with E-state index in [4.69, 9.17) is 10.9 Å². The molecule has 0 radical (unpaired) electrons. The van der Waals surface area contributed by atoms with Gasteiger partial charge in [0.2, 0.25) is 0 Å². The fraction of sp³-hybridized carbons (Fsp3) is 0.286. The molecule has 0 spiro atoms. The summed E-state index contributed by atoms with van der Waals surface area (Å²) in [5.74, 6) is 1.08. The molecule has 1 aromatic heterocycles. The molecule has 0 aliphatic heterocycles. The van der Waals surface area contributed by atoms with Gasteiger partial charge in [-0.15, -0.1) is 0 Å². The van der Waals surface area contributed by atoms with Crippen molar-refractivity contribution in [3.63, 3.8) is 0 Å². The second kappa shape index (κ2) is 6.47. The first-order chi connectivity index (χ1) is 9.69. The SMILES string of the molecule is CSCCN(C)c1c(/C(N)=N/O)cnc2ccccc12. The number of pyridine rings is 1. The number of fused-ring (bicyclic) bond motifs is 1. The number of para-hydroxylation sites is 1. The number of thioether (sulfide) groups is 1. The number of oxime groups is 1. The number of rotatable bonds is 5. The Morgan fingerprint density at radius 2 is 2.20 bits per heavy atom. The van der Waals surface area contributed by atoms with Gasteiger partial charge in [-0.1, -0.05) is 23.4 Å². The zero-order valence-electron chi connectivity index (χ0n) is 11.6. The van der Waals surface area contributed by atoms with E-state index in [-0.39, 0.29) is 5.84 Å². The van der Waals surface area contributed by atoms with Crippen LogP contribution in [-0.2, 0) is 0 Å². The molecule has 6 heteroatoms. The van der Waals surface area contributed by atoms with Crippen LogP contribution in [0.3, 0.4) is 0 Å². The van der Waals surface area contributed by atoms with Crippen molar-refractivity contribution in [2.45, 2.75) is 0 Å². The monoisotopic (exact) mass is 290 g/mol. The predicted molar refractivity (Wildman–Crippen MR) is 85.9 cm³/mol. The van der Waals surface area contributed by atoms with Gasteiger partial charge < -0.3 is 15.8 Å². The minimum atomic E-state index is 0.0780. The molecule has 0 aliphatic rings. The number of anilines is 1. The van der Waals surface area contributed by atoms with Crippen LogP contribution in [0.5, 0.6) is 0 Å². The molecule has 0 aliphatic carbocycles. The Kier molecular flexibility index (Phi) is 4.68. The van der Waals surface area contributed by atoms with Crippen LogP contribution < -0.4 is 10.6 Å². The van der Waals surface area contributed by atoms with E-state index in [1.165, 1.54) is 0 Å². The first-order valence-electron chi connectivity index (χ1n) is 6.24. The van der Waals surface area contributed by atoms with E-state index in [2.05, 4.69) is 21.3 Å². The molecule has 106 valence electrons. The molecule has 3 N–H and O–H groups in total. The van der Waals surface area contributed by atoms with E-state index in [1.54, 1.807) is 18.0 Å². The molecule has 0 saturated carbocycles. The number of aromatic nitrogens is 1. The summed E-state index contributed by atoms with van der Waals surface area (Å²) in [6, 6.07) is 7.87. The van der Waals surface area contributed by atoms with Crippen LogP contribution in [0.1, 0.15) is 5.56 Å². The molecule has 0 saturated heterocycles. The Bertz CT molecular complexity index is 630. The average Bonchev–Trinajstić information content (AvgIpc) is 2.50. The highest BCUT2D eigenvalue weighted by atomic mass is 32.2. The summed E-state index contributed by atoms with van der Waals surface area (Å²) >= 11 is 1.78. The number of amidine groups is 1. The fourth-order valence-corrected chi connectivity index (χ4v) is 2.58. The number of hydrogen-bond donors (Lipinski definition) is 2. The molecule has 2 rings (SSSR count). The maximum Gasteiger partial charge on any atom is 0.173 e. The van der Waals surface area contributed by atoms with Gasteiger partial charge in [-0.25, -0.2) is 0 Å². The second-order valence-electron chi connectivity index (χ2n) is 4.44. The Balaban J connectivity index is 2.61. The van der Waals surface area contributed by atoms with Gasteiger partial charge in [0.25, 0.3) is 0 Å². The van der Waals surface area contributed by atoms with Gasteiger partial charge in [0.15, 0.2) is 5.84 Å². The molecule has 1 heterocycles. The van der Waals surface area contributed by atoms with Crippen LogP contribution in [0.15, 0.2) is 35.6 Å². The summed E-state index contributed by atoms with van der Waals surface area (Å²) in [7, 11) is 2.01. The molecule has 2 aromatic rings. The summed E-state index contributed by atoms with van der Waals surface area (Å²) in [5.41, 5.74) is 8.27. The van der Waals surface area contributed by atoms with Gasteiger partial charge in [0.05, 0.1) is 16.8 Å². The van der Waals surface area contributed by atoms with E-state index < -0.39 is 0 Å². The molecule has 0 atom stereocenters. The molecule has 20 heavy (non-hydrogen) atoms. The lowest BCUT2D eigenvalue weighted by Crippen LogP contribution is -2.25. The summed E-state index contributed by atoms with van der Waals surface area (Å²) < 4.78 is 0. The molecular weight excluding hydrogens is 272 g/mol. The summed E-state index contributed by atoms with van der Waals surface area (Å²) in [6.45, 7) is 0.876. The second-order valence-corrected chi connectivity index (χ2v) is 5.42. The maximum absolute atomic E-state index is 8.96. The van der Waals surface area contributed by atoms with E-state index in [0.717, 1.165) is 28.9 Å². The minimum absolute atomic E-state index is 0.0780. The molecule has 1 aromatic carbocycles. The maximum atomic E-state index is 8.96. The van der Waals surface area contributed by atoms with Crippen molar-refractivity contribution in [1.82, 2.24) is 4.98 Å². The van der Waals surface area contributed by atoms with Gasteiger partial charge in [-0.3, -0.25) is 4.98 Å². The number of nitrogens with two attached hydrogens (primary N) is 1. The third kappa shape index (κ3) is 2.80.